The molecular formula is C11H15N3O2. The van der Waals surface area contributed by atoms with Crippen LogP contribution in [0.4, 0.5) is 5.69 Å². The number of aromatic nitrogens is 2. The number of hydrogen-bond acceptors (Lipinski definition) is 3. The van der Waals surface area contributed by atoms with Gasteiger partial charge in [0.2, 0.25) is 0 Å². The third-order valence-electron chi connectivity index (χ3n) is 2.23. The molecule has 0 aliphatic rings. The first kappa shape index (κ1) is 12.2. The molecule has 0 radical (unpaired) electrons. The van der Waals surface area contributed by atoms with Crippen LogP contribution in [0.3, 0.4) is 0 Å². The van der Waals surface area contributed by atoms with Gasteiger partial charge in [-0.3, -0.25) is 14.8 Å². The van der Waals surface area contributed by atoms with Crippen LogP contribution in [0.1, 0.15) is 19.5 Å². The highest BCUT2D eigenvalue weighted by molar-refractivity contribution is 5.83. The molecule has 0 atom stereocenters. The van der Waals surface area contributed by atoms with Crippen molar-refractivity contribution in [3.05, 3.63) is 34.0 Å². The molecule has 2 rings (SSSR count). The van der Waals surface area contributed by atoms with E-state index in [1.54, 1.807) is 16.8 Å². The second kappa shape index (κ2) is 4.74. The van der Waals surface area contributed by atoms with Crippen molar-refractivity contribution in [1.29, 1.82) is 0 Å². The summed E-state index contributed by atoms with van der Waals surface area (Å²) in [5, 5.41) is 15.6. The highest BCUT2D eigenvalue weighted by Crippen LogP contribution is 2.22. The lowest BCUT2D eigenvalue weighted by Gasteiger charge is -1.93. The van der Waals surface area contributed by atoms with Gasteiger partial charge in [-0.2, -0.15) is 5.10 Å². The molecule has 5 heteroatoms. The van der Waals surface area contributed by atoms with Crippen LogP contribution in [0, 0.1) is 17.0 Å². The van der Waals surface area contributed by atoms with Crippen LogP contribution in [-0.2, 0) is 7.05 Å². The third kappa shape index (κ3) is 2.03. The maximum absolute atomic E-state index is 10.5. The second-order valence-electron chi connectivity index (χ2n) is 3.17. The van der Waals surface area contributed by atoms with Crippen LogP contribution in [0.25, 0.3) is 10.9 Å². The van der Waals surface area contributed by atoms with E-state index in [2.05, 4.69) is 5.10 Å². The molecule has 0 aliphatic carbocycles. The standard InChI is InChI=1S/C9H9N3O2.C2H6/c1-6-8-5-7(12(13)14)3-4-9(8)11(2)10-6;1-2/h3-5H,1-2H3;1-2H3. The van der Waals surface area contributed by atoms with Crippen molar-refractivity contribution in [2.75, 3.05) is 0 Å². The van der Waals surface area contributed by atoms with E-state index >= 15 is 0 Å². The Morgan fingerprint density at radius 2 is 2.00 bits per heavy atom. The molecule has 5 nitrogen and oxygen atoms in total. The summed E-state index contributed by atoms with van der Waals surface area (Å²) in [5.41, 5.74) is 1.83. The molecule has 0 aliphatic heterocycles. The van der Waals surface area contributed by atoms with E-state index in [-0.39, 0.29) is 5.69 Å². The summed E-state index contributed by atoms with van der Waals surface area (Å²) in [5.74, 6) is 0. The van der Waals surface area contributed by atoms with Crippen molar-refractivity contribution < 1.29 is 4.92 Å². The average Bonchev–Trinajstić information content (AvgIpc) is 2.57. The summed E-state index contributed by atoms with van der Waals surface area (Å²) in [6.45, 7) is 5.84. The summed E-state index contributed by atoms with van der Waals surface area (Å²) in [4.78, 5) is 10.1. The van der Waals surface area contributed by atoms with Crippen molar-refractivity contribution in [1.82, 2.24) is 9.78 Å². The van der Waals surface area contributed by atoms with E-state index in [4.69, 9.17) is 0 Å². The van der Waals surface area contributed by atoms with E-state index in [0.717, 1.165) is 16.6 Å². The lowest BCUT2D eigenvalue weighted by Crippen LogP contribution is -1.90. The summed E-state index contributed by atoms with van der Waals surface area (Å²) < 4.78 is 1.72. The average molecular weight is 221 g/mol. The van der Waals surface area contributed by atoms with Crippen LogP contribution in [0.2, 0.25) is 0 Å². The Kier molecular flexibility index (Phi) is 3.60. The van der Waals surface area contributed by atoms with Crippen LogP contribution in [0.5, 0.6) is 0 Å². The van der Waals surface area contributed by atoms with Crippen LogP contribution >= 0.6 is 0 Å². The minimum atomic E-state index is -0.397. The first-order chi connectivity index (χ1) is 7.59. The number of nitro groups is 1. The molecule has 2 aromatic rings. The normalized spacial score (nSPS) is 9.75. The molecular weight excluding hydrogens is 206 g/mol. The van der Waals surface area contributed by atoms with E-state index in [1.807, 2.05) is 27.8 Å². The summed E-state index contributed by atoms with van der Waals surface area (Å²) in [6.07, 6.45) is 0. The van der Waals surface area contributed by atoms with Crippen molar-refractivity contribution in [3.63, 3.8) is 0 Å². The Morgan fingerprint density at radius 3 is 2.56 bits per heavy atom. The van der Waals surface area contributed by atoms with Gasteiger partial charge in [0, 0.05) is 24.6 Å². The summed E-state index contributed by atoms with van der Waals surface area (Å²) >= 11 is 0. The Bertz CT molecular complexity index is 517. The van der Waals surface area contributed by atoms with E-state index in [1.165, 1.54) is 6.07 Å². The van der Waals surface area contributed by atoms with Gasteiger partial charge in [-0.05, 0) is 13.0 Å². The van der Waals surface area contributed by atoms with Gasteiger partial charge in [0.15, 0.2) is 0 Å². The van der Waals surface area contributed by atoms with Gasteiger partial charge in [-0.25, -0.2) is 0 Å². The van der Waals surface area contributed by atoms with E-state index in [0.29, 0.717) is 0 Å². The molecule has 16 heavy (non-hydrogen) atoms. The molecule has 0 amide bonds. The molecule has 0 saturated carbocycles. The lowest BCUT2D eigenvalue weighted by atomic mass is 10.2. The number of nitro benzene ring substituents is 1. The number of rotatable bonds is 1. The van der Waals surface area contributed by atoms with Crippen LogP contribution in [0.15, 0.2) is 18.2 Å². The van der Waals surface area contributed by atoms with Crippen LogP contribution in [-0.4, -0.2) is 14.7 Å². The minimum Gasteiger partial charge on any atom is -0.268 e. The fraction of sp³-hybridized carbons (Fsp3) is 0.364. The predicted molar refractivity (Wildman–Crippen MR) is 63.5 cm³/mol. The van der Waals surface area contributed by atoms with Crippen molar-refractivity contribution >= 4 is 16.6 Å². The molecule has 0 fully saturated rings. The SMILES string of the molecule is CC.Cc1nn(C)c2ccc([N+](=O)[O-])cc12. The van der Waals surface area contributed by atoms with Crippen molar-refractivity contribution in [3.8, 4) is 0 Å². The Morgan fingerprint density at radius 1 is 1.38 bits per heavy atom. The molecule has 0 bridgehead atoms. The molecule has 0 unspecified atom stereocenters. The van der Waals surface area contributed by atoms with E-state index in [9.17, 15) is 10.1 Å². The molecule has 86 valence electrons. The van der Waals surface area contributed by atoms with Gasteiger partial charge < -0.3 is 0 Å². The Hall–Kier alpha value is -1.91. The monoisotopic (exact) mass is 221 g/mol. The van der Waals surface area contributed by atoms with E-state index < -0.39 is 4.92 Å². The zero-order chi connectivity index (χ0) is 12.3. The minimum absolute atomic E-state index is 0.105. The fourth-order valence-electron chi connectivity index (χ4n) is 1.54. The van der Waals surface area contributed by atoms with Gasteiger partial charge in [-0.15, -0.1) is 0 Å². The van der Waals surface area contributed by atoms with Crippen molar-refractivity contribution in [2.24, 2.45) is 7.05 Å². The lowest BCUT2D eigenvalue weighted by molar-refractivity contribution is -0.384. The number of nitrogens with zero attached hydrogens (tertiary/aromatic N) is 3. The molecule has 0 saturated heterocycles. The van der Waals surface area contributed by atoms with Crippen LogP contribution < -0.4 is 0 Å². The molecule has 1 aromatic heterocycles. The molecule has 1 aromatic carbocycles. The van der Waals surface area contributed by atoms with Gasteiger partial charge in [-0.1, -0.05) is 13.8 Å². The number of benzene rings is 1. The number of non-ortho nitro benzene ring substituents is 1. The van der Waals surface area contributed by atoms with Gasteiger partial charge >= 0.3 is 0 Å². The van der Waals surface area contributed by atoms with Gasteiger partial charge in [0.25, 0.3) is 5.69 Å². The third-order valence-corrected chi connectivity index (χ3v) is 2.23. The predicted octanol–water partition coefficient (Wildman–Crippen LogP) is 2.82. The zero-order valence-electron chi connectivity index (χ0n) is 9.89. The fourth-order valence-corrected chi connectivity index (χ4v) is 1.54. The highest BCUT2D eigenvalue weighted by Gasteiger charge is 2.10. The maximum Gasteiger partial charge on any atom is 0.270 e. The smallest absolute Gasteiger partial charge is 0.268 e. The Balaban J connectivity index is 0.000000606. The maximum atomic E-state index is 10.5. The second-order valence-corrected chi connectivity index (χ2v) is 3.17. The largest absolute Gasteiger partial charge is 0.270 e. The van der Waals surface area contributed by atoms with Crippen molar-refractivity contribution in [2.45, 2.75) is 20.8 Å². The molecule has 0 N–H and O–H groups in total. The summed E-state index contributed by atoms with van der Waals surface area (Å²) in [6, 6.07) is 4.76. The number of fused-ring (bicyclic) bond motifs is 1. The number of aryl methyl sites for hydroxylation is 2. The first-order valence-electron chi connectivity index (χ1n) is 5.17. The highest BCUT2D eigenvalue weighted by atomic mass is 16.6. The number of hydrogen-bond donors (Lipinski definition) is 0. The molecule has 1 heterocycles. The zero-order valence-corrected chi connectivity index (χ0v) is 9.89. The Labute approximate surface area is 93.8 Å². The first-order valence-corrected chi connectivity index (χ1v) is 5.17. The summed E-state index contributed by atoms with van der Waals surface area (Å²) in [7, 11) is 1.82. The quantitative estimate of drug-likeness (QED) is 0.549. The molecule has 0 spiro atoms. The van der Waals surface area contributed by atoms with Gasteiger partial charge in [0.05, 0.1) is 16.1 Å². The van der Waals surface area contributed by atoms with Gasteiger partial charge in [0.1, 0.15) is 0 Å². The topological polar surface area (TPSA) is 61.0 Å².